The number of rotatable bonds is 4. The molecule has 1 atom stereocenters. The van der Waals surface area contributed by atoms with E-state index in [-0.39, 0.29) is 13.2 Å². The van der Waals surface area contributed by atoms with Crippen molar-refractivity contribution in [2.75, 3.05) is 13.2 Å². The minimum Gasteiger partial charge on any atom is -0.486 e. The fraction of sp³-hybridized carbons (Fsp3) is 0.188. The van der Waals surface area contributed by atoms with E-state index < -0.39 is 39.8 Å². The van der Waals surface area contributed by atoms with Crippen LogP contribution >= 0.6 is 0 Å². The van der Waals surface area contributed by atoms with Gasteiger partial charge in [-0.3, -0.25) is 14.9 Å². The van der Waals surface area contributed by atoms with Gasteiger partial charge in [0.25, 0.3) is 11.6 Å². The third-order valence-electron chi connectivity index (χ3n) is 3.54. The van der Waals surface area contributed by atoms with Crippen molar-refractivity contribution in [3.8, 4) is 11.5 Å². The Morgan fingerprint density at radius 2 is 1.92 bits per heavy atom. The summed E-state index contributed by atoms with van der Waals surface area (Å²) in [4.78, 5) is 22.1. The number of nitrogens with zero attached hydrogens (tertiary/aromatic N) is 1. The van der Waals surface area contributed by atoms with Gasteiger partial charge in [0, 0.05) is 0 Å². The monoisotopic (exact) mass is 350 g/mol. The molecule has 0 aliphatic carbocycles. The number of nitrogens with one attached hydrogen (secondary N) is 1. The van der Waals surface area contributed by atoms with Gasteiger partial charge in [-0.25, -0.2) is 8.78 Å². The molecule has 2 aromatic carbocycles. The van der Waals surface area contributed by atoms with Crippen molar-refractivity contribution >= 4 is 11.6 Å². The van der Waals surface area contributed by atoms with Gasteiger partial charge in [0.15, 0.2) is 23.1 Å². The Morgan fingerprint density at radius 3 is 2.64 bits per heavy atom. The number of halogens is 2. The lowest BCUT2D eigenvalue weighted by Crippen LogP contribution is -2.40. The zero-order chi connectivity index (χ0) is 18.0. The molecular weight excluding hydrogens is 338 g/mol. The van der Waals surface area contributed by atoms with Crippen molar-refractivity contribution in [3.63, 3.8) is 0 Å². The predicted molar refractivity (Wildman–Crippen MR) is 81.7 cm³/mol. The minimum absolute atomic E-state index is 0.0245. The number of nitro groups is 1. The van der Waals surface area contributed by atoms with Crippen LogP contribution in [0.1, 0.15) is 10.4 Å². The number of hydrogen-bond donors (Lipinski definition) is 1. The molecule has 0 radical (unpaired) electrons. The van der Waals surface area contributed by atoms with Gasteiger partial charge >= 0.3 is 0 Å². The maximum Gasteiger partial charge on any atom is 0.285 e. The van der Waals surface area contributed by atoms with Gasteiger partial charge in [0.1, 0.15) is 18.3 Å². The van der Waals surface area contributed by atoms with Crippen LogP contribution in [0.2, 0.25) is 0 Å². The SMILES string of the molecule is O=C(NCC1COc2ccccc2O1)c1cc(F)c(F)cc1[N+](=O)[O-]. The molecule has 0 bridgehead atoms. The quantitative estimate of drug-likeness (QED) is 0.676. The number of hydrogen-bond acceptors (Lipinski definition) is 5. The fourth-order valence-corrected chi connectivity index (χ4v) is 2.33. The summed E-state index contributed by atoms with van der Waals surface area (Å²) in [6, 6.07) is 7.84. The average molecular weight is 350 g/mol. The Kier molecular flexibility index (Phi) is 4.46. The van der Waals surface area contributed by atoms with Crippen molar-refractivity contribution < 1.29 is 28.0 Å². The Balaban J connectivity index is 1.70. The molecule has 0 spiro atoms. The van der Waals surface area contributed by atoms with Gasteiger partial charge in [-0.05, 0) is 18.2 Å². The van der Waals surface area contributed by atoms with Crippen LogP contribution in [0.25, 0.3) is 0 Å². The van der Waals surface area contributed by atoms with E-state index in [0.717, 1.165) is 0 Å². The third-order valence-corrected chi connectivity index (χ3v) is 3.54. The highest BCUT2D eigenvalue weighted by Gasteiger charge is 2.26. The van der Waals surface area contributed by atoms with Gasteiger partial charge in [-0.15, -0.1) is 0 Å². The number of nitro benzene ring substituents is 1. The summed E-state index contributed by atoms with van der Waals surface area (Å²) in [7, 11) is 0. The third kappa shape index (κ3) is 3.49. The van der Waals surface area contributed by atoms with Gasteiger partial charge in [-0.1, -0.05) is 12.1 Å². The van der Waals surface area contributed by atoms with Crippen LogP contribution in [0.4, 0.5) is 14.5 Å². The topological polar surface area (TPSA) is 90.7 Å². The summed E-state index contributed by atoms with van der Waals surface area (Å²) < 4.78 is 37.6. The molecule has 130 valence electrons. The molecule has 0 fully saturated rings. The molecule has 2 aromatic rings. The Labute approximate surface area is 140 Å². The Morgan fingerprint density at radius 1 is 1.24 bits per heavy atom. The van der Waals surface area contributed by atoms with Gasteiger partial charge in [0.05, 0.1) is 17.5 Å². The molecule has 1 N–H and O–H groups in total. The van der Waals surface area contributed by atoms with Gasteiger partial charge < -0.3 is 14.8 Å². The molecule has 0 saturated heterocycles. The van der Waals surface area contributed by atoms with Gasteiger partial charge in [0.2, 0.25) is 0 Å². The molecule has 1 amide bonds. The molecule has 1 heterocycles. The van der Waals surface area contributed by atoms with Crippen molar-refractivity contribution in [1.29, 1.82) is 0 Å². The largest absolute Gasteiger partial charge is 0.486 e. The van der Waals surface area contributed by atoms with Crippen LogP contribution in [0.15, 0.2) is 36.4 Å². The predicted octanol–water partition coefficient (Wildman–Crippen LogP) is 2.44. The van der Waals surface area contributed by atoms with Crippen LogP contribution in [0.5, 0.6) is 11.5 Å². The van der Waals surface area contributed by atoms with Crippen molar-refractivity contribution in [3.05, 3.63) is 63.7 Å². The number of ether oxygens (including phenoxy) is 2. The highest BCUT2D eigenvalue weighted by molar-refractivity contribution is 5.98. The highest BCUT2D eigenvalue weighted by Crippen LogP contribution is 2.30. The first-order valence-electron chi connectivity index (χ1n) is 7.26. The highest BCUT2D eigenvalue weighted by atomic mass is 19.2. The summed E-state index contributed by atoms with van der Waals surface area (Å²) >= 11 is 0. The first-order chi connectivity index (χ1) is 12.0. The number of para-hydroxylation sites is 2. The number of benzene rings is 2. The standard InChI is InChI=1S/C16H12F2N2O5/c17-11-5-10(13(20(22)23)6-12(11)18)16(21)19-7-9-8-24-14-3-1-2-4-15(14)25-9/h1-6,9H,7-8H2,(H,19,21). The second kappa shape index (κ2) is 6.71. The Hall–Kier alpha value is -3.23. The van der Waals surface area contributed by atoms with Crippen LogP contribution in [0.3, 0.4) is 0 Å². The second-order valence-corrected chi connectivity index (χ2v) is 5.25. The molecule has 0 aromatic heterocycles. The minimum atomic E-state index is -1.40. The maximum atomic E-state index is 13.3. The average Bonchev–Trinajstić information content (AvgIpc) is 2.61. The number of fused-ring (bicyclic) bond motifs is 1. The fourth-order valence-electron chi connectivity index (χ4n) is 2.33. The lowest BCUT2D eigenvalue weighted by atomic mass is 10.1. The second-order valence-electron chi connectivity index (χ2n) is 5.25. The summed E-state index contributed by atoms with van der Waals surface area (Å²) in [5.41, 5.74) is -1.39. The molecule has 3 rings (SSSR count). The normalized spacial score (nSPS) is 15.5. The van der Waals surface area contributed by atoms with E-state index in [1.807, 2.05) is 0 Å². The zero-order valence-electron chi connectivity index (χ0n) is 12.7. The van der Waals surface area contributed by atoms with Crippen LogP contribution in [-0.2, 0) is 0 Å². The lowest BCUT2D eigenvalue weighted by molar-refractivity contribution is -0.385. The van der Waals surface area contributed by atoms with Crippen LogP contribution in [-0.4, -0.2) is 30.1 Å². The van der Waals surface area contributed by atoms with E-state index >= 15 is 0 Å². The molecule has 0 saturated carbocycles. The van der Waals surface area contributed by atoms with E-state index in [4.69, 9.17) is 9.47 Å². The molecule has 7 nitrogen and oxygen atoms in total. The smallest absolute Gasteiger partial charge is 0.285 e. The summed E-state index contributed by atoms with van der Waals surface area (Å²) in [6.45, 7) is 0.139. The molecule has 25 heavy (non-hydrogen) atoms. The van der Waals surface area contributed by atoms with E-state index in [1.54, 1.807) is 24.3 Å². The molecule has 9 heteroatoms. The number of amides is 1. The van der Waals surface area contributed by atoms with E-state index in [2.05, 4.69) is 5.32 Å². The number of carbonyl (C=O) groups is 1. The number of carbonyl (C=O) groups excluding carboxylic acids is 1. The first kappa shape index (κ1) is 16.6. The van der Waals surface area contributed by atoms with E-state index in [9.17, 15) is 23.7 Å². The summed E-state index contributed by atoms with van der Waals surface area (Å²) in [5, 5.41) is 13.3. The van der Waals surface area contributed by atoms with E-state index in [1.165, 1.54) is 0 Å². The molecule has 1 unspecified atom stereocenters. The first-order valence-corrected chi connectivity index (χ1v) is 7.26. The van der Waals surface area contributed by atoms with Crippen molar-refractivity contribution in [2.45, 2.75) is 6.10 Å². The zero-order valence-corrected chi connectivity index (χ0v) is 12.7. The van der Waals surface area contributed by atoms with Crippen molar-refractivity contribution in [2.24, 2.45) is 0 Å². The van der Waals surface area contributed by atoms with Crippen molar-refractivity contribution in [1.82, 2.24) is 5.32 Å². The summed E-state index contributed by atoms with van der Waals surface area (Å²) in [5.74, 6) is -2.58. The molecule has 1 aliphatic heterocycles. The van der Waals surface area contributed by atoms with Crippen LogP contribution in [0, 0.1) is 21.7 Å². The maximum absolute atomic E-state index is 13.3. The summed E-state index contributed by atoms with van der Waals surface area (Å²) in [6.07, 6.45) is -0.525. The van der Waals surface area contributed by atoms with Gasteiger partial charge in [-0.2, -0.15) is 0 Å². The Bertz CT molecular complexity index is 843. The lowest BCUT2D eigenvalue weighted by Gasteiger charge is -2.26. The molecular formula is C16H12F2N2O5. The molecule has 1 aliphatic rings. The van der Waals surface area contributed by atoms with E-state index in [0.29, 0.717) is 23.6 Å². The van der Waals surface area contributed by atoms with Crippen LogP contribution < -0.4 is 14.8 Å².